The molecule has 64 valence electrons. The summed E-state index contributed by atoms with van der Waals surface area (Å²) in [4.78, 5) is 4.19. The van der Waals surface area contributed by atoms with Gasteiger partial charge in [0.25, 0.3) is 0 Å². The molecule has 2 rings (SSSR count). The van der Waals surface area contributed by atoms with Gasteiger partial charge in [-0.05, 0) is 41.8 Å². The molecule has 0 atom stereocenters. The molecule has 0 radical (unpaired) electrons. The first-order valence-corrected chi connectivity index (χ1v) is 4.84. The van der Waals surface area contributed by atoms with E-state index in [9.17, 15) is 0 Å². The number of nitrogens with zero attached hydrogens (tertiary/aromatic N) is 1. The molecule has 0 aromatic carbocycles. The molecular weight excluding hydrogens is 218 g/mol. The lowest BCUT2D eigenvalue weighted by Crippen LogP contribution is -1.96. The number of aryl methyl sites for hydroxylation is 1. The van der Waals surface area contributed by atoms with Crippen LogP contribution >= 0.6 is 15.9 Å². The Morgan fingerprint density at radius 1 is 1.58 bits per heavy atom. The number of ether oxygens (including phenoxy) is 1. The van der Waals surface area contributed by atoms with Crippen LogP contribution in [0.3, 0.4) is 0 Å². The third kappa shape index (κ3) is 1.78. The second-order valence-electron chi connectivity index (χ2n) is 3.06. The minimum atomic E-state index is 0.446. The van der Waals surface area contributed by atoms with E-state index in [4.69, 9.17) is 4.74 Å². The van der Waals surface area contributed by atoms with Crippen LogP contribution in [0.4, 0.5) is 0 Å². The summed E-state index contributed by atoms with van der Waals surface area (Å²) >= 11 is 3.41. The standard InChI is InChI=1S/C9H10BrNO/c1-6-9(10)4-8(5-11-6)12-7-2-3-7/h4-5,7H,2-3H2,1H3. The monoisotopic (exact) mass is 227 g/mol. The van der Waals surface area contributed by atoms with Gasteiger partial charge in [0.05, 0.1) is 18.0 Å². The van der Waals surface area contributed by atoms with Crippen molar-refractivity contribution in [3.05, 3.63) is 22.4 Å². The maximum Gasteiger partial charge on any atom is 0.139 e. The number of rotatable bonds is 2. The zero-order valence-electron chi connectivity index (χ0n) is 6.88. The molecule has 0 amide bonds. The van der Waals surface area contributed by atoms with Gasteiger partial charge in [-0.15, -0.1) is 0 Å². The van der Waals surface area contributed by atoms with E-state index in [2.05, 4.69) is 20.9 Å². The second kappa shape index (κ2) is 3.05. The molecule has 12 heavy (non-hydrogen) atoms. The molecule has 2 nitrogen and oxygen atoms in total. The maximum absolute atomic E-state index is 5.57. The highest BCUT2D eigenvalue weighted by molar-refractivity contribution is 9.10. The number of hydrogen-bond acceptors (Lipinski definition) is 2. The summed E-state index contributed by atoms with van der Waals surface area (Å²) in [5.74, 6) is 0.870. The summed E-state index contributed by atoms with van der Waals surface area (Å²) in [6.45, 7) is 1.96. The zero-order chi connectivity index (χ0) is 8.55. The van der Waals surface area contributed by atoms with Gasteiger partial charge in [0, 0.05) is 4.47 Å². The lowest BCUT2D eigenvalue weighted by Gasteiger charge is -2.04. The molecule has 3 heteroatoms. The largest absolute Gasteiger partial charge is 0.489 e. The predicted molar refractivity (Wildman–Crippen MR) is 50.3 cm³/mol. The smallest absolute Gasteiger partial charge is 0.139 e. The van der Waals surface area contributed by atoms with Gasteiger partial charge in [0.2, 0.25) is 0 Å². The van der Waals surface area contributed by atoms with E-state index in [0.29, 0.717) is 6.10 Å². The molecule has 1 aromatic heterocycles. The Labute approximate surface area is 80.1 Å². The highest BCUT2D eigenvalue weighted by Crippen LogP contribution is 2.28. The first-order valence-electron chi connectivity index (χ1n) is 4.04. The summed E-state index contributed by atoms with van der Waals surface area (Å²) < 4.78 is 6.58. The van der Waals surface area contributed by atoms with Crippen molar-refractivity contribution < 1.29 is 4.74 Å². The number of hydrogen-bond donors (Lipinski definition) is 0. The third-order valence-corrected chi connectivity index (χ3v) is 2.63. The summed E-state index contributed by atoms with van der Waals surface area (Å²) in [7, 11) is 0. The number of pyridine rings is 1. The van der Waals surface area contributed by atoms with E-state index < -0.39 is 0 Å². The van der Waals surface area contributed by atoms with Gasteiger partial charge in [0.15, 0.2) is 0 Å². The Kier molecular flexibility index (Phi) is 2.05. The summed E-state index contributed by atoms with van der Waals surface area (Å²) in [6.07, 6.45) is 4.59. The summed E-state index contributed by atoms with van der Waals surface area (Å²) in [5, 5.41) is 0. The van der Waals surface area contributed by atoms with Gasteiger partial charge in [-0.2, -0.15) is 0 Å². The molecule has 1 heterocycles. The lowest BCUT2D eigenvalue weighted by atomic mass is 10.4. The van der Waals surface area contributed by atoms with E-state index >= 15 is 0 Å². The van der Waals surface area contributed by atoms with Crippen molar-refractivity contribution in [1.29, 1.82) is 0 Å². The fourth-order valence-corrected chi connectivity index (χ4v) is 1.26. The van der Waals surface area contributed by atoms with Crippen LogP contribution in [-0.4, -0.2) is 11.1 Å². The predicted octanol–water partition coefficient (Wildman–Crippen LogP) is 2.69. The first-order chi connectivity index (χ1) is 5.75. The van der Waals surface area contributed by atoms with Crippen molar-refractivity contribution in [2.75, 3.05) is 0 Å². The molecule has 1 aliphatic rings. The highest BCUT2D eigenvalue weighted by Gasteiger charge is 2.23. The highest BCUT2D eigenvalue weighted by atomic mass is 79.9. The molecule has 0 aliphatic heterocycles. The number of aromatic nitrogens is 1. The van der Waals surface area contributed by atoms with Crippen LogP contribution in [0.5, 0.6) is 5.75 Å². The Balaban J connectivity index is 2.15. The van der Waals surface area contributed by atoms with Crippen LogP contribution in [-0.2, 0) is 0 Å². The van der Waals surface area contributed by atoms with Gasteiger partial charge in [-0.1, -0.05) is 0 Å². The van der Waals surface area contributed by atoms with Crippen molar-refractivity contribution in [2.45, 2.75) is 25.9 Å². The molecule has 0 saturated heterocycles. The van der Waals surface area contributed by atoms with Crippen LogP contribution in [0.1, 0.15) is 18.5 Å². The molecule has 1 aliphatic carbocycles. The van der Waals surface area contributed by atoms with E-state index in [1.165, 1.54) is 12.8 Å². The van der Waals surface area contributed by atoms with Crippen LogP contribution in [0.15, 0.2) is 16.7 Å². The quantitative estimate of drug-likeness (QED) is 0.776. The van der Waals surface area contributed by atoms with Crippen molar-refractivity contribution in [3.63, 3.8) is 0 Å². The fourth-order valence-electron chi connectivity index (χ4n) is 0.932. The van der Waals surface area contributed by atoms with Crippen LogP contribution < -0.4 is 4.74 Å². The van der Waals surface area contributed by atoms with Crippen molar-refractivity contribution in [3.8, 4) is 5.75 Å². The SMILES string of the molecule is Cc1ncc(OC2CC2)cc1Br. The van der Waals surface area contributed by atoms with Gasteiger partial charge in [-0.25, -0.2) is 0 Å². The van der Waals surface area contributed by atoms with E-state index in [1.54, 1.807) is 6.20 Å². The van der Waals surface area contributed by atoms with Crippen molar-refractivity contribution in [2.24, 2.45) is 0 Å². The molecule has 0 N–H and O–H groups in total. The Bertz CT molecular complexity index is 297. The molecule has 0 unspecified atom stereocenters. The third-order valence-electron chi connectivity index (χ3n) is 1.83. The normalized spacial score (nSPS) is 16.2. The molecule has 1 fully saturated rings. The molecule has 0 spiro atoms. The minimum absolute atomic E-state index is 0.446. The Hall–Kier alpha value is -0.570. The average Bonchev–Trinajstić information content (AvgIpc) is 2.81. The number of halogens is 1. The van der Waals surface area contributed by atoms with Gasteiger partial charge < -0.3 is 4.74 Å². The van der Waals surface area contributed by atoms with Crippen LogP contribution in [0, 0.1) is 6.92 Å². The summed E-state index contributed by atoms with van der Waals surface area (Å²) in [6, 6.07) is 1.97. The molecular formula is C9H10BrNO. The summed E-state index contributed by atoms with van der Waals surface area (Å²) in [5.41, 5.74) is 0.998. The van der Waals surface area contributed by atoms with Gasteiger partial charge >= 0.3 is 0 Å². The topological polar surface area (TPSA) is 22.1 Å². The molecule has 0 bridgehead atoms. The van der Waals surface area contributed by atoms with Crippen molar-refractivity contribution in [1.82, 2.24) is 4.98 Å². The van der Waals surface area contributed by atoms with Crippen LogP contribution in [0.2, 0.25) is 0 Å². The van der Waals surface area contributed by atoms with E-state index in [0.717, 1.165) is 15.9 Å². The van der Waals surface area contributed by atoms with E-state index in [1.807, 2.05) is 13.0 Å². The average molecular weight is 228 g/mol. The fraction of sp³-hybridized carbons (Fsp3) is 0.444. The minimum Gasteiger partial charge on any atom is -0.489 e. The zero-order valence-corrected chi connectivity index (χ0v) is 8.47. The Morgan fingerprint density at radius 3 is 2.92 bits per heavy atom. The first kappa shape index (κ1) is 8.05. The van der Waals surface area contributed by atoms with E-state index in [-0.39, 0.29) is 0 Å². The Morgan fingerprint density at radius 2 is 2.33 bits per heavy atom. The van der Waals surface area contributed by atoms with Gasteiger partial charge in [0.1, 0.15) is 5.75 Å². The molecule has 1 aromatic rings. The second-order valence-corrected chi connectivity index (χ2v) is 3.91. The lowest BCUT2D eigenvalue weighted by molar-refractivity contribution is 0.301. The molecule has 1 saturated carbocycles. The maximum atomic E-state index is 5.57. The van der Waals surface area contributed by atoms with Crippen LogP contribution in [0.25, 0.3) is 0 Å². The van der Waals surface area contributed by atoms with Crippen molar-refractivity contribution >= 4 is 15.9 Å². The van der Waals surface area contributed by atoms with Gasteiger partial charge in [-0.3, -0.25) is 4.98 Å².